The van der Waals surface area contributed by atoms with Crippen LogP contribution in [0.4, 0.5) is 0 Å². The van der Waals surface area contributed by atoms with Crippen molar-refractivity contribution in [3.63, 3.8) is 0 Å². The van der Waals surface area contributed by atoms with Gasteiger partial charge in [-0.3, -0.25) is 4.79 Å². The van der Waals surface area contributed by atoms with E-state index in [1.54, 1.807) is 19.2 Å². The lowest BCUT2D eigenvalue weighted by molar-refractivity contribution is -0.133. The number of rotatable bonds is 4. The summed E-state index contributed by atoms with van der Waals surface area (Å²) < 4.78 is 10.6. The van der Waals surface area contributed by atoms with E-state index in [0.29, 0.717) is 5.75 Å². The average molecular weight is 295 g/mol. The normalized spacial score (nSPS) is 10.6. The highest BCUT2D eigenvalue weighted by Crippen LogP contribution is 2.27. The molecular formula is C18H17NO3. The molecule has 3 rings (SSSR count). The Labute approximate surface area is 128 Å². The Bertz CT molecular complexity index is 806. The van der Waals surface area contributed by atoms with Crippen LogP contribution in [0, 0.1) is 6.92 Å². The average Bonchev–Trinajstić information content (AvgIpc) is 2.83. The minimum absolute atomic E-state index is 0.216. The van der Waals surface area contributed by atoms with E-state index < -0.39 is 0 Å². The molecule has 1 aromatic heterocycles. The molecule has 0 aliphatic heterocycles. The topological polar surface area (TPSA) is 51.3 Å². The zero-order valence-electron chi connectivity index (χ0n) is 12.6. The van der Waals surface area contributed by atoms with Gasteiger partial charge >= 0.3 is 5.97 Å². The first-order valence-electron chi connectivity index (χ1n) is 7.08. The molecule has 0 aliphatic carbocycles. The molecule has 0 amide bonds. The fraction of sp³-hybridized carbons (Fsp3) is 0.167. The lowest BCUT2D eigenvalue weighted by Gasteiger charge is -2.05. The first-order chi connectivity index (χ1) is 10.7. The van der Waals surface area contributed by atoms with E-state index in [0.717, 1.165) is 27.9 Å². The van der Waals surface area contributed by atoms with E-state index in [1.807, 2.05) is 43.3 Å². The Kier molecular flexibility index (Phi) is 3.83. The van der Waals surface area contributed by atoms with Crippen LogP contribution >= 0.6 is 0 Å². The molecule has 0 unspecified atom stereocenters. The number of carbonyl (C=O) groups excluding carboxylic acids is 1. The number of nitrogens with one attached hydrogen (secondary N) is 1. The number of ether oxygens (including phenoxy) is 2. The standard InChI is InChI=1S/C18H17NO3/c1-12-15(11-18(20)22-13-6-4-3-5-7-13)16-10-14(21-2)8-9-17(16)19-12/h3-10,19H,11H2,1-2H3. The molecule has 112 valence electrons. The summed E-state index contributed by atoms with van der Waals surface area (Å²) >= 11 is 0. The third kappa shape index (κ3) is 2.81. The summed E-state index contributed by atoms with van der Waals surface area (Å²) in [5, 5.41) is 0.988. The summed E-state index contributed by atoms with van der Waals surface area (Å²) in [5.41, 5.74) is 2.89. The number of fused-ring (bicyclic) bond motifs is 1. The summed E-state index contributed by atoms with van der Waals surface area (Å²) in [4.78, 5) is 15.4. The Balaban J connectivity index is 1.86. The second kappa shape index (κ2) is 5.93. The minimum Gasteiger partial charge on any atom is -0.497 e. The van der Waals surface area contributed by atoms with E-state index in [-0.39, 0.29) is 12.4 Å². The Hall–Kier alpha value is -2.75. The molecule has 1 heterocycles. The van der Waals surface area contributed by atoms with Crippen LogP contribution in [0.1, 0.15) is 11.3 Å². The van der Waals surface area contributed by atoms with E-state index in [4.69, 9.17) is 9.47 Å². The van der Waals surface area contributed by atoms with Gasteiger partial charge in [0.25, 0.3) is 0 Å². The molecule has 0 aliphatic rings. The molecule has 0 saturated heterocycles. The monoisotopic (exact) mass is 295 g/mol. The van der Waals surface area contributed by atoms with Crippen LogP contribution < -0.4 is 9.47 Å². The summed E-state index contributed by atoms with van der Waals surface area (Å²) in [5.74, 6) is 1.05. The van der Waals surface area contributed by atoms with Gasteiger partial charge in [-0.2, -0.15) is 0 Å². The van der Waals surface area contributed by atoms with Crippen LogP contribution in [-0.2, 0) is 11.2 Å². The van der Waals surface area contributed by atoms with Gasteiger partial charge in [-0.15, -0.1) is 0 Å². The van der Waals surface area contributed by atoms with Crippen molar-refractivity contribution in [2.75, 3.05) is 7.11 Å². The van der Waals surface area contributed by atoms with Crippen molar-refractivity contribution in [3.05, 3.63) is 59.8 Å². The number of hydrogen-bond acceptors (Lipinski definition) is 3. The SMILES string of the molecule is COc1ccc2[nH]c(C)c(CC(=O)Oc3ccccc3)c2c1. The van der Waals surface area contributed by atoms with E-state index in [1.165, 1.54) is 0 Å². The molecule has 0 radical (unpaired) electrons. The lowest BCUT2D eigenvalue weighted by atomic mass is 10.1. The highest BCUT2D eigenvalue weighted by Gasteiger charge is 2.14. The predicted molar refractivity (Wildman–Crippen MR) is 85.4 cm³/mol. The van der Waals surface area contributed by atoms with Crippen LogP contribution in [0.15, 0.2) is 48.5 Å². The zero-order valence-corrected chi connectivity index (χ0v) is 12.6. The van der Waals surface area contributed by atoms with Gasteiger partial charge in [0.1, 0.15) is 11.5 Å². The number of benzene rings is 2. The highest BCUT2D eigenvalue weighted by atomic mass is 16.5. The number of para-hydroxylation sites is 1. The molecular weight excluding hydrogens is 278 g/mol. The number of aromatic nitrogens is 1. The Morgan fingerprint density at radius 3 is 2.59 bits per heavy atom. The molecule has 3 aromatic rings. The number of aromatic amines is 1. The van der Waals surface area contributed by atoms with Crippen LogP contribution in [0.25, 0.3) is 10.9 Å². The maximum atomic E-state index is 12.2. The summed E-state index contributed by atoms with van der Waals surface area (Å²) in [6.07, 6.45) is 0.216. The van der Waals surface area contributed by atoms with Gasteiger partial charge in [-0.25, -0.2) is 0 Å². The smallest absolute Gasteiger partial charge is 0.315 e. The zero-order chi connectivity index (χ0) is 15.5. The van der Waals surface area contributed by atoms with Crippen molar-refractivity contribution >= 4 is 16.9 Å². The molecule has 1 N–H and O–H groups in total. The van der Waals surface area contributed by atoms with Gasteiger partial charge in [0.15, 0.2) is 0 Å². The van der Waals surface area contributed by atoms with Crippen LogP contribution in [-0.4, -0.2) is 18.1 Å². The number of methoxy groups -OCH3 is 1. The van der Waals surface area contributed by atoms with Crippen molar-refractivity contribution in [1.29, 1.82) is 0 Å². The van der Waals surface area contributed by atoms with Crippen molar-refractivity contribution in [1.82, 2.24) is 4.98 Å². The maximum Gasteiger partial charge on any atom is 0.315 e. The molecule has 2 aromatic carbocycles. The molecule has 0 fully saturated rings. The fourth-order valence-corrected chi connectivity index (χ4v) is 2.52. The maximum absolute atomic E-state index is 12.2. The van der Waals surface area contributed by atoms with Crippen molar-refractivity contribution < 1.29 is 14.3 Å². The van der Waals surface area contributed by atoms with Gasteiger partial charge < -0.3 is 14.5 Å². The van der Waals surface area contributed by atoms with Gasteiger partial charge in [0, 0.05) is 16.6 Å². The molecule has 0 atom stereocenters. The van der Waals surface area contributed by atoms with Crippen LogP contribution in [0.5, 0.6) is 11.5 Å². The summed E-state index contributed by atoms with van der Waals surface area (Å²) in [6.45, 7) is 1.96. The summed E-state index contributed by atoms with van der Waals surface area (Å²) in [6, 6.07) is 14.9. The molecule has 0 spiro atoms. The van der Waals surface area contributed by atoms with Crippen molar-refractivity contribution in [3.8, 4) is 11.5 Å². The molecule has 4 heteroatoms. The van der Waals surface area contributed by atoms with Gasteiger partial charge in [-0.1, -0.05) is 18.2 Å². The van der Waals surface area contributed by atoms with Gasteiger partial charge in [0.2, 0.25) is 0 Å². The number of H-pyrrole nitrogens is 1. The Morgan fingerprint density at radius 1 is 1.09 bits per heavy atom. The molecule has 4 nitrogen and oxygen atoms in total. The predicted octanol–water partition coefficient (Wildman–Crippen LogP) is 3.63. The van der Waals surface area contributed by atoms with Crippen LogP contribution in [0.2, 0.25) is 0 Å². The van der Waals surface area contributed by atoms with E-state index in [9.17, 15) is 4.79 Å². The van der Waals surface area contributed by atoms with Gasteiger partial charge in [0.05, 0.1) is 13.5 Å². The van der Waals surface area contributed by atoms with E-state index >= 15 is 0 Å². The second-order valence-corrected chi connectivity index (χ2v) is 5.10. The third-order valence-electron chi connectivity index (χ3n) is 3.62. The van der Waals surface area contributed by atoms with Crippen molar-refractivity contribution in [2.45, 2.75) is 13.3 Å². The first-order valence-corrected chi connectivity index (χ1v) is 7.08. The Morgan fingerprint density at radius 2 is 1.86 bits per heavy atom. The van der Waals surface area contributed by atoms with Gasteiger partial charge in [-0.05, 0) is 42.8 Å². The largest absolute Gasteiger partial charge is 0.497 e. The molecule has 0 bridgehead atoms. The fourth-order valence-electron chi connectivity index (χ4n) is 2.52. The number of hydrogen-bond donors (Lipinski definition) is 1. The van der Waals surface area contributed by atoms with Crippen LogP contribution in [0.3, 0.4) is 0 Å². The third-order valence-corrected chi connectivity index (χ3v) is 3.62. The number of carbonyl (C=O) groups is 1. The minimum atomic E-state index is -0.280. The number of esters is 1. The lowest BCUT2D eigenvalue weighted by Crippen LogP contribution is -2.11. The highest BCUT2D eigenvalue weighted by molar-refractivity contribution is 5.90. The van der Waals surface area contributed by atoms with E-state index in [2.05, 4.69) is 4.98 Å². The number of aryl methyl sites for hydroxylation is 1. The molecule has 22 heavy (non-hydrogen) atoms. The summed E-state index contributed by atoms with van der Waals surface area (Å²) in [7, 11) is 1.63. The molecule has 0 saturated carbocycles. The second-order valence-electron chi connectivity index (χ2n) is 5.10. The van der Waals surface area contributed by atoms with Crippen molar-refractivity contribution in [2.24, 2.45) is 0 Å². The quantitative estimate of drug-likeness (QED) is 0.590. The first kappa shape index (κ1) is 14.2.